The number of hydrogen-bond acceptors (Lipinski definition) is 5. The molecule has 0 bridgehead atoms. The summed E-state index contributed by atoms with van der Waals surface area (Å²) in [5, 5.41) is 3.01. The first-order valence-corrected chi connectivity index (χ1v) is 10.3. The van der Waals surface area contributed by atoms with Crippen molar-refractivity contribution in [3.63, 3.8) is 0 Å². The molecule has 2 aromatic carbocycles. The number of amides is 1. The van der Waals surface area contributed by atoms with Gasteiger partial charge in [0, 0.05) is 51.4 Å². The van der Waals surface area contributed by atoms with E-state index in [2.05, 4.69) is 41.1 Å². The van der Waals surface area contributed by atoms with E-state index in [0.29, 0.717) is 13.2 Å². The first-order valence-electron chi connectivity index (χ1n) is 10.3. The minimum Gasteiger partial charge on any atom is -0.454 e. The van der Waals surface area contributed by atoms with Gasteiger partial charge in [0.15, 0.2) is 11.5 Å². The fraction of sp³-hybridized carbons (Fsp3) is 0.435. The van der Waals surface area contributed by atoms with E-state index in [1.165, 1.54) is 16.7 Å². The normalized spacial score (nSPS) is 16.8. The smallest absolute Gasteiger partial charge is 0.231 e. The molecule has 0 spiro atoms. The second kappa shape index (κ2) is 8.84. The molecule has 1 fully saturated rings. The van der Waals surface area contributed by atoms with E-state index in [1.807, 2.05) is 24.3 Å². The maximum atomic E-state index is 12.3. The Balaban J connectivity index is 1.19. The lowest BCUT2D eigenvalue weighted by molar-refractivity contribution is -0.116. The molecule has 0 radical (unpaired) electrons. The van der Waals surface area contributed by atoms with Crippen LogP contribution in [0.4, 0.5) is 5.69 Å². The number of benzene rings is 2. The Hall–Kier alpha value is -2.57. The van der Waals surface area contributed by atoms with Crippen LogP contribution in [-0.2, 0) is 11.3 Å². The van der Waals surface area contributed by atoms with Crippen molar-refractivity contribution in [1.29, 1.82) is 0 Å². The molecule has 6 nitrogen and oxygen atoms in total. The molecule has 0 atom stereocenters. The van der Waals surface area contributed by atoms with Crippen LogP contribution in [0.1, 0.15) is 23.1 Å². The second-order valence-corrected chi connectivity index (χ2v) is 7.90. The highest BCUT2D eigenvalue weighted by Crippen LogP contribution is 2.32. The van der Waals surface area contributed by atoms with Gasteiger partial charge in [0.05, 0.1) is 0 Å². The van der Waals surface area contributed by atoms with E-state index >= 15 is 0 Å². The summed E-state index contributed by atoms with van der Waals surface area (Å²) >= 11 is 0. The average molecular weight is 396 g/mol. The maximum Gasteiger partial charge on any atom is 0.231 e. The van der Waals surface area contributed by atoms with Crippen molar-refractivity contribution in [3.8, 4) is 11.5 Å². The van der Waals surface area contributed by atoms with Crippen molar-refractivity contribution in [2.75, 3.05) is 44.8 Å². The topological polar surface area (TPSA) is 54.0 Å². The largest absolute Gasteiger partial charge is 0.454 e. The number of carbonyl (C=O) groups is 1. The molecule has 1 saturated heterocycles. The minimum absolute atomic E-state index is 0.0797. The number of rotatable bonds is 6. The van der Waals surface area contributed by atoms with Crippen molar-refractivity contribution in [3.05, 3.63) is 53.1 Å². The minimum atomic E-state index is 0.0797. The van der Waals surface area contributed by atoms with Crippen LogP contribution in [0, 0.1) is 13.8 Å². The summed E-state index contributed by atoms with van der Waals surface area (Å²) in [6.45, 7) is 10.2. The quantitative estimate of drug-likeness (QED) is 0.814. The molecule has 1 amide bonds. The monoisotopic (exact) mass is 395 g/mol. The Morgan fingerprint density at radius 3 is 2.48 bits per heavy atom. The zero-order chi connectivity index (χ0) is 20.2. The summed E-state index contributed by atoms with van der Waals surface area (Å²) in [5.74, 6) is 1.75. The van der Waals surface area contributed by atoms with Crippen LogP contribution in [0.2, 0.25) is 0 Å². The van der Waals surface area contributed by atoms with Gasteiger partial charge < -0.3 is 19.7 Å². The number of carbonyl (C=O) groups excluding carboxylic acids is 1. The molecule has 0 aromatic heterocycles. The number of hydrogen-bond donors (Lipinski definition) is 1. The molecule has 2 aliphatic rings. The molecule has 1 N–H and O–H groups in total. The standard InChI is InChI=1S/C23H29N3O3/c1-17-3-5-20(13-18(17)2)24-23(27)7-8-25-9-11-26(12-10-25)15-19-4-6-21-22(14-19)29-16-28-21/h3-6,13-14H,7-12,15-16H2,1-2H3,(H,24,27). The molecule has 29 heavy (non-hydrogen) atoms. The number of fused-ring (bicyclic) bond motifs is 1. The van der Waals surface area contributed by atoms with Crippen molar-refractivity contribution >= 4 is 11.6 Å². The fourth-order valence-electron chi connectivity index (χ4n) is 3.77. The maximum absolute atomic E-state index is 12.3. The van der Waals surface area contributed by atoms with E-state index in [-0.39, 0.29) is 5.91 Å². The summed E-state index contributed by atoms with van der Waals surface area (Å²) in [6.07, 6.45) is 0.523. The average Bonchev–Trinajstić information content (AvgIpc) is 3.18. The van der Waals surface area contributed by atoms with Crippen LogP contribution in [0.25, 0.3) is 0 Å². The highest BCUT2D eigenvalue weighted by atomic mass is 16.7. The Morgan fingerprint density at radius 2 is 1.69 bits per heavy atom. The van der Waals surface area contributed by atoms with Crippen molar-refractivity contribution < 1.29 is 14.3 Å². The van der Waals surface area contributed by atoms with Crippen molar-refractivity contribution in [1.82, 2.24) is 9.80 Å². The number of ether oxygens (including phenoxy) is 2. The van der Waals surface area contributed by atoms with Crippen LogP contribution in [0.5, 0.6) is 11.5 Å². The molecular formula is C23H29N3O3. The third-order valence-corrected chi connectivity index (χ3v) is 5.75. The van der Waals surface area contributed by atoms with Crippen LogP contribution in [0.3, 0.4) is 0 Å². The van der Waals surface area contributed by atoms with Crippen molar-refractivity contribution in [2.24, 2.45) is 0 Å². The van der Waals surface area contributed by atoms with E-state index in [1.54, 1.807) is 0 Å². The molecule has 6 heteroatoms. The summed E-state index contributed by atoms with van der Waals surface area (Å²) in [5.41, 5.74) is 4.56. The zero-order valence-electron chi connectivity index (χ0n) is 17.2. The second-order valence-electron chi connectivity index (χ2n) is 7.90. The van der Waals surface area contributed by atoms with Gasteiger partial charge >= 0.3 is 0 Å². The molecule has 2 heterocycles. The first kappa shape index (κ1) is 19.7. The van der Waals surface area contributed by atoms with Gasteiger partial charge in [0.1, 0.15) is 0 Å². The Bertz CT molecular complexity index is 876. The molecule has 2 aromatic rings. The number of anilines is 1. The SMILES string of the molecule is Cc1ccc(NC(=O)CCN2CCN(Cc3ccc4c(c3)OCO4)CC2)cc1C. The van der Waals surface area contributed by atoms with Gasteiger partial charge in [-0.1, -0.05) is 12.1 Å². The fourth-order valence-corrected chi connectivity index (χ4v) is 3.77. The lowest BCUT2D eigenvalue weighted by Gasteiger charge is -2.34. The van der Waals surface area contributed by atoms with Crippen LogP contribution in [0.15, 0.2) is 36.4 Å². The van der Waals surface area contributed by atoms with Crippen LogP contribution in [-0.4, -0.2) is 55.2 Å². The Morgan fingerprint density at radius 1 is 0.931 bits per heavy atom. The van der Waals surface area contributed by atoms with E-state index in [9.17, 15) is 4.79 Å². The lowest BCUT2D eigenvalue weighted by atomic mass is 10.1. The number of nitrogens with one attached hydrogen (secondary N) is 1. The highest BCUT2D eigenvalue weighted by Gasteiger charge is 2.19. The molecular weight excluding hydrogens is 366 g/mol. The summed E-state index contributed by atoms with van der Waals surface area (Å²) in [4.78, 5) is 17.1. The third-order valence-electron chi connectivity index (χ3n) is 5.75. The zero-order valence-corrected chi connectivity index (χ0v) is 17.2. The van der Waals surface area contributed by atoms with Crippen LogP contribution >= 0.6 is 0 Å². The van der Waals surface area contributed by atoms with E-state index in [4.69, 9.17) is 9.47 Å². The van der Waals surface area contributed by atoms with Gasteiger partial charge in [0.25, 0.3) is 0 Å². The van der Waals surface area contributed by atoms with Crippen LogP contribution < -0.4 is 14.8 Å². The van der Waals surface area contributed by atoms with Gasteiger partial charge in [-0.3, -0.25) is 9.69 Å². The molecule has 4 rings (SSSR count). The van der Waals surface area contributed by atoms with Gasteiger partial charge in [0.2, 0.25) is 12.7 Å². The van der Waals surface area contributed by atoms with Gasteiger partial charge in [-0.25, -0.2) is 0 Å². The van der Waals surface area contributed by atoms with E-state index < -0.39 is 0 Å². The van der Waals surface area contributed by atoms with Gasteiger partial charge in [-0.05, 0) is 54.8 Å². The molecule has 2 aliphatic heterocycles. The summed E-state index contributed by atoms with van der Waals surface area (Å²) in [6, 6.07) is 12.2. The molecule has 0 unspecified atom stereocenters. The van der Waals surface area contributed by atoms with Crippen molar-refractivity contribution in [2.45, 2.75) is 26.8 Å². The number of piperazine rings is 1. The Kier molecular flexibility index (Phi) is 6.02. The Labute approximate surface area is 172 Å². The first-order chi connectivity index (χ1) is 14.1. The van der Waals surface area contributed by atoms with E-state index in [0.717, 1.165) is 56.5 Å². The predicted molar refractivity (Wildman–Crippen MR) is 113 cm³/mol. The molecule has 154 valence electrons. The predicted octanol–water partition coefficient (Wildman–Crippen LogP) is 3.18. The highest BCUT2D eigenvalue weighted by molar-refractivity contribution is 5.90. The molecule has 0 aliphatic carbocycles. The molecule has 0 saturated carbocycles. The summed E-state index contributed by atoms with van der Waals surface area (Å²) in [7, 11) is 0. The third kappa shape index (κ3) is 5.08. The number of nitrogens with zero attached hydrogens (tertiary/aromatic N) is 2. The van der Waals surface area contributed by atoms with Gasteiger partial charge in [-0.2, -0.15) is 0 Å². The lowest BCUT2D eigenvalue weighted by Crippen LogP contribution is -2.46. The van der Waals surface area contributed by atoms with Gasteiger partial charge in [-0.15, -0.1) is 0 Å². The summed E-state index contributed by atoms with van der Waals surface area (Å²) < 4.78 is 10.8. The number of aryl methyl sites for hydroxylation is 2.